The molecule has 0 aliphatic heterocycles. The smallest absolute Gasteiger partial charge is 0.328 e. The van der Waals surface area contributed by atoms with Crippen LogP contribution in [-0.4, -0.2) is 36.2 Å². The van der Waals surface area contributed by atoms with Crippen molar-refractivity contribution in [1.29, 1.82) is 0 Å². The average Bonchev–Trinajstić information content (AvgIpc) is 2.69. The monoisotopic (exact) mass is 411 g/mol. The third kappa shape index (κ3) is 8.39. The molecule has 9 heteroatoms. The van der Waals surface area contributed by atoms with Gasteiger partial charge in [0.2, 0.25) is 0 Å². The highest BCUT2D eigenvalue weighted by Crippen LogP contribution is 2.10. The van der Waals surface area contributed by atoms with Crippen molar-refractivity contribution in [2.24, 2.45) is 0 Å². The van der Waals surface area contributed by atoms with E-state index >= 15 is 0 Å². The molecule has 0 spiro atoms. The van der Waals surface area contributed by atoms with Gasteiger partial charge in [0.25, 0.3) is 5.91 Å². The Morgan fingerprint density at radius 3 is 1.69 bits per heavy atom. The van der Waals surface area contributed by atoms with Crippen LogP contribution in [-0.2, 0) is 14.4 Å². The van der Waals surface area contributed by atoms with Gasteiger partial charge in [-0.2, -0.15) is 0 Å². The van der Waals surface area contributed by atoms with Gasteiger partial charge in [-0.3, -0.25) is 9.63 Å². The molecular formula is C20H17F4NO4. The summed E-state index contributed by atoms with van der Waals surface area (Å²) in [5.74, 6) is -5.34. The summed E-state index contributed by atoms with van der Waals surface area (Å²) in [5.41, 5.74) is 0.707. The summed E-state index contributed by atoms with van der Waals surface area (Å²) in [6, 6.07) is 6.53. The average molecular weight is 411 g/mol. The topological polar surface area (TPSA) is 66.8 Å². The fourth-order valence-electron chi connectivity index (χ4n) is 1.76. The van der Waals surface area contributed by atoms with Gasteiger partial charge in [0, 0.05) is 19.2 Å². The van der Waals surface area contributed by atoms with Crippen LogP contribution in [0.1, 0.15) is 11.1 Å². The van der Waals surface area contributed by atoms with Crippen LogP contribution in [0.3, 0.4) is 0 Å². The molecule has 0 saturated carbocycles. The number of likely N-dealkylation sites (N-methyl/N-ethyl adjacent to an activating group) is 1. The van der Waals surface area contributed by atoms with Crippen LogP contribution in [0.15, 0.2) is 48.6 Å². The van der Waals surface area contributed by atoms with E-state index in [1.54, 1.807) is 0 Å². The van der Waals surface area contributed by atoms with Crippen LogP contribution in [0.25, 0.3) is 12.2 Å². The Hall–Kier alpha value is -3.46. The second-order valence-corrected chi connectivity index (χ2v) is 5.37. The summed E-state index contributed by atoms with van der Waals surface area (Å²) in [4.78, 5) is 26.0. The number of carbonyl (C=O) groups excluding carboxylic acids is 1. The number of aliphatic carboxylic acids is 1. The summed E-state index contributed by atoms with van der Waals surface area (Å²) in [5, 5.41) is 9.25. The molecule has 0 bridgehead atoms. The van der Waals surface area contributed by atoms with Crippen molar-refractivity contribution in [3.05, 3.63) is 82.9 Å². The summed E-state index contributed by atoms with van der Waals surface area (Å²) in [6.07, 6.45) is 4.62. The van der Waals surface area contributed by atoms with Crippen LogP contribution in [0.4, 0.5) is 17.6 Å². The van der Waals surface area contributed by atoms with E-state index in [2.05, 4.69) is 4.84 Å². The molecule has 2 aromatic rings. The molecule has 0 saturated heterocycles. The molecule has 0 atom stereocenters. The Balaban J connectivity index is 0.000000296. The molecular weight excluding hydrogens is 394 g/mol. The zero-order valence-corrected chi connectivity index (χ0v) is 15.4. The number of carboxylic acids is 1. The number of carboxylic acid groups (broad SMARTS) is 1. The number of rotatable bonds is 5. The Kier molecular flexibility index (Phi) is 9.27. The quantitative estimate of drug-likeness (QED) is 0.458. The minimum atomic E-state index is -1.13. The van der Waals surface area contributed by atoms with E-state index in [1.807, 2.05) is 0 Å². The lowest BCUT2D eigenvalue weighted by Crippen LogP contribution is -2.22. The highest BCUT2D eigenvalue weighted by Gasteiger charge is 2.04. The fraction of sp³-hybridized carbons (Fsp3) is 0.100. The summed E-state index contributed by atoms with van der Waals surface area (Å²) in [7, 11) is 2.79. The second kappa shape index (κ2) is 11.4. The Bertz CT molecular complexity index is 929. The Morgan fingerprint density at radius 2 is 1.31 bits per heavy atom. The number of nitrogens with zero attached hydrogens (tertiary/aromatic N) is 1. The molecule has 2 rings (SSSR count). The molecule has 0 fully saturated rings. The fourth-order valence-corrected chi connectivity index (χ4v) is 1.76. The van der Waals surface area contributed by atoms with Gasteiger partial charge in [0.15, 0.2) is 23.3 Å². The molecule has 0 aliphatic rings. The predicted octanol–water partition coefficient (Wildman–Crippen LogP) is 4.06. The molecule has 1 N–H and O–H groups in total. The number of benzene rings is 2. The van der Waals surface area contributed by atoms with E-state index in [0.29, 0.717) is 11.1 Å². The van der Waals surface area contributed by atoms with Gasteiger partial charge in [0.1, 0.15) is 0 Å². The summed E-state index contributed by atoms with van der Waals surface area (Å²) in [6.45, 7) is 0. The van der Waals surface area contributed by atoms with Crippen molar-refractivity contribution >= 4 is 24.0 Å². The van der Waals surface area contributed by atoms with Gasteiger partial charge in [-0.25, -0.2) is 27.4 Å². The minimum Gasteiger partial charge on any atom is -0.478 e. The molecule has 2 aromatic carbocycles. The van der Waals surface area contributed by atoms with Gasteiger partial charge < -0.3 is 5.11 Å². The van der Waals surface area contributed by atoms with Gasteiger partial charge in [-0.1, -0.05) is 12.1 Å². The van der Waals surface area contributed by atoms with Gasteiger partial charge in [0.05, 0.1) is 7.11 Å². The van der Waals surface area contributed by atoms with Crippen molar-refractivity contribution in [2.75, 3.05) is 14.2 Å². The van der Waals surface area contributed by atoms with Crippen molar-refractivity contribution < 1.29 is 37.1 Å². The zero-order chi connectivity index (χ0) is 22.0. The van der Waals surface area contributed by atoms with Gasteiger partial charge >= 0.3 is 5.97 Å². The predicted molar refractivity (Wildman–Crippen MR) is 98.2 cm³/mol. The molecule has 0 aliphatic carbocycles. The van der Waals surface area contributed by atoms with Gasteiger partial charge in [-0.15, -0.1) is 0 Å². The standard InChI is InChI=1S/C11H11F2NO2.C9H6F2O2/c1-14(16-2)11(15)6-4-8-3-5-9(12)10(13)7-8;10-7-3-1-6(5-8(7)11)2-4-9(12)13/h3-7H,1-2H3;1-5H,(H,12,13)/b6-4+;4-2+. The first kappa shape index (κ1) is 23.6. The van der Waals surface area contributed by atoms with Crippen molar-refractivity contribution in [2.45, 2.75) is 0 Å². The number of hydrogen-bond acceptors (Lipinski definition) is 3. The Labute approximate surface area is 164 Å². The first-order valence-electron chi connectivity index (χ1n) is 7.95. The number of carbonyl (C=O) groups is 2. The van der Waals surface area contributed by atoms with Crippen LogP contribution < -0.4 is 0 Å². The van der Waals surface area contributed by atoms with E-state index in [-0.39, 0.29) is 0 Å². The lowest BCUT2D eigenvalue weighted by Gasteiger charge is -2.09. The van der Waals surface area contributed by atoms with Crippen molar-refractivity contribution in [3.8, 4) is 0 Å². The van der Waals surface area contributed by atoms with E-state index in [9.17, 15) is 27.2 Å². The minimum absolute atomic E-state index is 0.307. The molecule has 0 radical (unpaired) electrons. The molecule has 154 valence electrons. The van der Waals surface area contributed by atoms with Crippen LogP contribution in [0.2, 0.25) is 0 Å². The first-order valence-corrected chi connectivity index (χ1v) is 7.95. The molecule has 1 amide bonds. The SMILES string of the molecule is CON(C)C(=O)/C=C/c1ccc(F)c(F)c1.O=C(O)/C=C/c1ccc(F)c(F)c1. The largest absolute Gasteiger partial charge is 0.478 e. The van der Waals surface area contributed by atoms with E-state index in [1.165, 1.54) is 44.5 Å². The Morgan fingerprint density at radius 1 is 0.862 bits per heavy atom. The third-order valence-corrected chi connectivity index (χ3v) is 3.31. The summed E-state index contributed by atoms with van der Waals surface area (Å²) < 4.78 is 50.3. The highest BCUT2D eigenvalue weighted by atomic mass is 19.2. The molecule has 5 nitrogen and oxygen atoms in total. The highest BCUT2D eigenvalue weighted by molar-refractivity contribution is 5.90. The normalized spacial score (nSPS) is 10.7. The van der Waals surface area contributed by atoms with Crippen LogP contribution >= 0.6 is 0 Å². The first-order chi connectivity index (χ1) is 13.6. The van der Waals surface area contributed by atoms with E-state index < -0.39 is 35.1 Å². The molecule has 0 aromatic heterocycles. The van der Waals surface area contributed by atoms with Crippen molar-refractivity contribution in [3.63, 3.8) is 0 Å². The van der Waals surface area contributed by atoms with Crippen molar-refractivity contribution in [1.82, 2.24) is 5.06 Å². The number of hydrogen-bond donors (Lipinski definition) is 1. The van der Waals surface area contributed by atoms with E-state index in [4.69, 9.17) is 5.11 Å². The maximum absolute atomic E-state index is 12.8. The number of hydroxylamine groups is 2. The molecule has 0 heterocycles. The maximum atomic E-state index is 12.8. The number of halogens is 4. The maximum Gasteiger partial charge on any atom is 0.328 e. The van der Waals surface area contributed by atoms with Crippen LogP contribution in [0.5, 0.6) is 0 Å². The zero-order valence-electron chi connectivity index (χ0n) is 15.4. The van der Waals surface area contributed by atoms with Gasteiger partial charge in [-0.05, 0) is 47.5 Å². The lowest BCUT2D eigenvalue weighted by atomic mass is 10.2. The number of amides is 1. The lowest BCUT2D eigenvalue weighted by molar-refractivity contribution is -0.162. The summed E-state index contributed by atoms with van der Waals surface area (Å²) >= 11 is 0. The van der Waals surface area contributed by atoms with E-state index in [0.717, 1.165) is 35.4 Å². The molecule has 29 heavy (non-hydrogen) atoms. The third-order valence-electron chi connectivity index (χ3n) is 3.31. The van der Waals surface area contributed by atoms with Crippen LogP contribution in [0, 0.1) is 23.3 Å². The molecule has 0 unspecified atom stereocenters. The second-order valence-electron chi connectivity index (χ2n) is 5.37.